The fourth-order valence-electron chi connectivity index (χ4n) is 2.28. The van der Waals surface area contributed by atoms with Gasteiger partial charge in [0.2, 0.25) is 0 Å². The van der Waals surface area contributed by atoms with Crippen LogP contribution in [0.2, 0.25) is 0 Å². The first-order valence-corrected chi connectivity index (χ1v) is 9.62. The Kier molecular flexibility index (Phi) is 7.71. The van der Waals surface area contributed by atoms with Crippen molar-refractivity contribution < 1.29 is 9.53 Å². The maximum atomic E-state index is 12.5. The van der Waals surface area contributed by atoms with E-state index in [0.717, 1.165) is 5.75 Å². The number of nitrogens with zero attached hydrogens (tertiary/aromatic N) is 2. The second-order valence-electron chi connectivity index (χ2n) is 5.73. The number of nitriles is 1. The number of carbonyl (C=O) groups is 1. The van der Waals surface area contributed by atoms with Crippen molar-refractivity contribution >= 4 is 28.5 Å². The number of aliphatic imine (C=N–C) groups is 1. The molecule has 0 atom stereocenters. The average Bonchev–Trinajstić information content (AvgIpc) is 2.67. The van der Waals surface area contributed by atoms with E-state index < -0.39 is 0 Å². The maximum absolute atomic E-state index is 12.5. The van der Waals surface area contributed by atoms with E-state index in [9.17, 15) is 4.79 Å². The number of hydrogen-bond acceptors (Lipinski definition) is 5. The summed E-state index contributed by atoms with van der Waals surface area (Å²) in [7, 11) is 0. The van der Waals surface area contributed by atoms with Crippen LogP contribution in [0.15, 0.2) is 47.5 Å². The number of ether oxygens (including phenoxy) is 1. The van der Waals surface area contributed by atoms with Gasteiger partial charge in [-0.2, -0.15) is 5.26 Å². The summed E-state index contributed by atoms with van der Waals surface area (Å²) < 4.78 is 5.68. The van der Waals surface area contributed by atoms with Crippen LogP contribution in [-0.2, 0) is 0 Å². The lowest BCUT2D eigenvalue weighted by Gasteiger charge is -2.10. The molecular weight excluding hydrogens is 360 g/mol. The van der Waals surface area contributed by atoms with Crippen molar-refractivity contribution in [2.24, 2.45) is 4.99 Å². The van der Waals surface area contributed by atoms with E-state index in [1.165, 1.54) is 22.9 Å². The lowest BCUT2D eigenvalue weighted by atomic mass is 10.1. The van der Waals surface area contributed by atoms with Crippen molar-refractivity contribution in [2.45, 2.75) is 13.8 Å². The molecular formula is C20H22N4O2S. The van der Waals surface area contributed by atoms with Gasteiger partial charge in [0.1, 0.15) is 12.4 Å². The smallest absolute Gasteiger partial charge is 0.253 e. The van der Waals surface area contributed by atoms with E-state index in [0.29, 0.717) is 29.6 Å². The molecule has 0 aromatic heterocycles. The molecule has 0 saturated heterocycles. The summed E-state index contributed by atoms with van der Waals surface area (Å²) >= 11 is 1.30. The SMILES string of the molecule is CSC(=Nc1ccccc1C(=O)NCCOc1ccc(C)c(C)c1)NC#N. The first-order chi connectivity index (χ1) is 13.0. The fourth-order valence-corrected chi connectivity index (χ4v) is 2.61. The van der Waals surface area contributed by atoms with Gasteiger partial charge in [0, 0.05) is 0 Å². The van der Waals surface area contributed by atoms with Crippen molar-refractivity contribution in [3.8, 4) is 11.9 Å². The molecule has 2 aromatic carbocycles. The van der Waals surface area contributed by atoms with Crippen molar-refractivity contribution in [2.75, 3.05) is 19.4 Å². The van der Waals surface area contributed by atoms with Gasteiger partial charge in [0.05, 0.1) is 17.8 Å². The van der Waals surface area contributed by atoms with Gasteiger partial charge in [-0.15, -0.1) is 0 Å². The van der Waals surface area contributed by atoms with Crippen LogP contribution >= 0.6 is 11.8 Å². The number of amides is 1. The highest BCUT2D eigenvalue weighted by atomic mass is 32.2. The van der Waals surface area contributed by atoms with Gasteiger partial charge in [0.25, 0.3) is 5.91 Å². The molecule has 0 aliphatic carbocycles. The zero-order valence-corrected chi connectivity index (χ0v) is 16.4. The summed E-state index contributed by atoms with van der Waals surface area (Å²) in [5.41, 5.74) is 3.31. The summed E-state index contributed by atoms with van der Waals surface area (Å²) in [5.74, 6) is 0.542. The minimum atomic E-state index is -0.240. The summed E-state index contributed by atoms with van der Waals surface area (Å²) in [6.45, 7) is 4.82. The molecule has 140 valence electrons. The first kappa shape index (κ1) is 20.3. The van der Waals surface area contributed by atoms with Crippen molar-refractivity contribution in [1.82, 2.24) is 10.6 Å². The molecule has 0 aliphatic heterocycles. The van der Waals surface area contributed by atoms with E-state index >= 15 is 0 Å². The molecule has 27 heavy (non-hydrogen) atoms. The first-order valence-electron chi connectivity index (χ1n) is 8.40. The van der Waals surface area contributed by atoms with Gasteiger partial charge in [-0.05, 0) is 55.5 Å². The molecule has 0 bridgehead atoms. The number of hydrogen-bond donors (Lipinski definition) is 2. The number of aryl methyl sites for hydroxylation is 2. The number of nitrogens with one attached hydrogen (secondary N) is 2. The van der Waals surface area contributed by atoms with Crippen LogP contribution in [0, 0.1) is 25.3 Å². The third-order valence-corrected chi connectivity index (χ3v) is 4.44. The Morgan fingerprint density at radius 1 is 1.22 bits per heavy atom. The highest BCUT2D eigenvalue weighted by Gasteiger charge is 2.11. The van der Waals surface area contributed by atoms with Gasteiger partial charge >= 0.3 is 0 Å². The Labute approximate surface area is 163 Å². The zero-order valence-electron chi connectivity index (χ0n) is 15.6. The van der Waals surface area contributed by atoms with E-state index in [1.807, 2.05) is 38.2 Å². The molecule has 2 rings (SSSR count). The lowest BCUT2D eigenvalue weighted by Crippen LogP contribution is -2.28. The average molecular weight is 382 g/mol. The second-order valence-corrected chi connectivity index (χ2v) is 6.52. The largest absolute Gasteiger partial charge is 0.492 e. The minimum absolute atomic E-state index is 0.240. The Bertz CT molecular complexity index is 875. The third-order valence-electron chi connectivity index (χ3n) is 3.86. The van der Waals surface area contributed by atoms with E-state index in [1.54, 1.807) is 30.5 Å². The molecule has 1 amide bonds. The van der Waals surface area contributed by atoms with Gasteiger partial charge < -0.3 is 10.1 Å². The van der Waals surface area contributed by atoms with Crippen molar-refractivity contribution in [1.29, 1.82) is 5.26 Å². The molecule has 2 N–H and O–H groups in total. The minimum Gasteiger partial charge on any atom is -0.492 e. The number of rotatable bonds is 6. The second kappa shape index (κ2) is 10.2. The molecule has 0 fully saturated rings. The van der Waals surface area contributed by atoms with Crippen LogP contribution in [0.3, 0.4) is 0 Å². The Balaban J connectivity index is 1.96. The van der Waals surface area contributed by atoms with Crippen LogP contribution in [0.1, 0.15) is 21.5 Å². The Hall–Kier alpha value is -2.98. The molecule has 2 aromatic rings. The van der Waals surface area contributed by atoms with E-state index in [4.69, 9.17) is 10.00 Å². The topological polar surface area (TPSA) is 86.5 Å². The van der Waals surface area contributed by atoms with Crippen molar-refractivity contribution in [3.05, 3.63) is 59.2 Å². The summed E-state index contributed by atoms with van der Waals surface area (Å²) in [6, 6.07) is 12.9. The Morgan fingerprint density at radius 2 is 2.00 bits per heavy atom. The molecule has 7 heteroatoms. The maximum Gasteiger partial charge on any atom is 0.253 e. The molecule has 0 aliphatic rings. The Morgan fingerprint density at radius 3 is 2.70 bits per heavy atom. The quantitative estimate of drug-likeness (QED) is 0.262. The molecule has 0 unspecified atom stereocenters. The molecule has 6 nitrogen and oxygen atoms in total. The summed E-state index contributed by atoms with van der Waals surface area (Å²) in [4.78, 5) is 16.8. The summed E-state index contributed by atoms with van der Waals surface area (Å²) in [5, 5.41) is 14.5. The van der Waals surface area contributed by atoms with Crippen LogP contribution in [-0.4, -0.2) is 30.5 Å². The van der Waals surface area contributed by atoms with Gasteiger partial charge in [-0.3, -0.25) is 10.1 Å². The fraction of sp³-hybridized carbons (Fsp3) is 0.250. The zero-order chi connectivity index (χ0) is 19.6. The molecule has 0 saturated carbocycles. The lowest BCUT2D eigenvalue weighted by molar-refractivity contribution is 0.0947. The van der Waals surface area contributed by atoms with E-state index in [-0.39, 0.29) is 5.91 Å². The normalized spacial score (nSPS) is 10.8. The number of para-hydroxylation sites is 1. The predicted molar refractivity (Wildman–Crippen MR) is 110 cm³/mol. The standard InChI is InChI=1S/C20H22N4O2S/c1-14-8-9-16(12-15(14)2)26-11-10-22-19(25)17-6-4-5-7-18(17)24-20(27-3)23-13-21/h4-9,12H,10-11H2,1-3H3,(H,22,25)(H,23,24). The van der Waals surface area contributed by atoms with Crippen LogP contribution in [0.5, 0.6) is 5.75 Å². The highest BCUT2D eigenvalue weighted by molar-refractivity contribution is 8.13. The summed E-state index contributed by atoms with van der Waals surface area (Å²) in [6.07, 6.45) is 3.64. The van der Waals surface area contributed by atoms with Crippen LogP contribution in [0.4, 0.5) is 5.69 Å². The van der Waals surface area contributed by atoms with E-state index in [2.05, 4.69) is 15.6 Å². The number of carbonyl (C=O) groups excluding carboxylic acids is 1. The monoisotopic (exact) mass is 382 g/mol. The predicted octanol–water partition coefficient (Wildman–Crippen LogP) is 3.53. The highest BCUT2D eigenvalue weighted by Crippen LogP contribution is 2.20. The molecule has 0 spiro atoms. The van der Waals surface area contributed by atoms with Gasteiger partial charge in [0.15, 0.2) is 11.4 Å². The van der Waals surface area contributed by atoms with Gasteiger partial charge in [-0.25, -0.2) is 4.99 Å². The van der Waals surface area contributed by atoms with Crippen molar-refractivity contribution in [3.63, 3.8) is 0 Å². The number of amidine groups is 1. The van der Waals surface area contributed by atoms with Crippen LogP contribution in [0.25, 0.3) is 0 Å². The van der Waals surface area contributed by atoms with Crippen LogP contribution < -0.4 is 15.4 Å². The van der Waals surface area contributed by atoms with Gasteiger partial charge in [-0.1, -0.05) is 30.0 Å². The number of benzene rings is 2. The number of thioether (sulfide) groups is 1. The third kappa shape index (κ3) is 6.04. The molecule has 0 heterocycles. The molecule has 0 radical (unpaired) electrons.